The molecule has 4 heteroatoms. The molecule has 20 heavy (non-hydrogen) atoms. The molecule has 1 fully saturated rings. The number of ether oxygens (including phenoxy) is 2. The Labute approximate surface area is 118 Å². The fraction of sp³-hybridized carbons (Fsp3) is 0.562. The van der Waals surface area contributed by atoms with Gasteiger partial charge in [0.1, 0.15) is 5.82 Å². The first kappa shape index (κ1) is 12.1. The number of hydrogen-bond donors (Lipinski definition) is 1. The average Bonchev–Trinajstić information content (AvgIpc) is 2.96. The Bertz CT molecular complexity index is 592. The number of nitrogens with one attached hydrogen (secondary N) is 1. The van der Waals surface area contributed by atoms with Gasteiger partial charge in [-0.3, -0.25) is 0 Å². The van der Waals surface area contributed by atoms with Crippen molar-refractivity contribution in [3.05, 3.63) is 18.0 Å². The summed E-state index contributed by atoms with van der Waals surface area (Å²) in [6.07, 6.45) is 4.80. The maximum Gasteiger partial charge on any atom is 0.163 e. The van der Waals surface area contributed by atoms with Crippen LogP contribution < -0.4 is 9.47 Å². The predicted octanol–water partition coefficient (Wildman–Crippen LogP) is 3.63. The van der Waals surface area contributed by atoms with E-state index in [0.717, 1.165) is 53.9 Å². The second kappa shape index (κ2) is 4.69. The Hall–Kier alpha value is -1.71. The van der Waals surface area contributed by atoms with Crippen molar-refractivity contribution in [3.63, 3.8) is 0 Å². The molecule has 2 atom stereocenters. The third-order valence-electron chi connectivity index (χ3n) is 4.58. The highest BCUT2D eigenvalue weighted by molar-refractivity contribution is 5.80. The van der Waals surface area contributed by atoms with E-state index >= 15 is 0 Å². The number of nitrogens with zero attached hydrogens (tertiary/aromatic N) is 1. The largest absolute Gasteiger partial charge is 0.489 e. The molecular weight excluding hydrogens is 252 g/mol. The Morgan fingerprint density at radius 3 is 2.65 bits per heavy atom. The van der Waals surface area contributed by atoms with Crippen molar-refractivity contribution in [3.8, 4) is 11.5 Å². The van der Waals surface area contributed by atoms with E-state index in [2.05, 4.69) is 11.9 Å². The van der Waals surface area contributed by atoms with Gasteiger partial charge in [-0.15, -0.1) is 0 Å². The SMILES string of the molecule is CC1CCCC1c1nc2cc3c(cc2[nH]1)OCCCO3. The summed E-state index contributed by atoms with van der Waals surface area (Å²) in [6, 6.07) is 4.04. The number of aromatic nitrogens is 2. The van der Waals surface area contributed by atoms with E-state index in [4.69, 9.17) is 14.5 Å². The van der Waals surface area contributed by atoms with E-state index < -0.39 is 0 Å². The zero-order valence-corrected chi connectivity index (χ0v) is 11.8. The van der Waals surface area contributed by atoms with Crippen LogP contribution >= 0.6 is 0 Å². The Balaban J connectivity index is 1.76. The molecule has 4 nitrogen and oxygen atoms in total. The van der Waals surface area contributed by atoms with Crippen molar-refractivity contribution in [2.45, 2.75) is 38.5 Å². The van der Waals surface area contributed by atoms with E-state index in [1.807, 2.05) is 12.1 Å². The number of aromatic amines is 1. The molecule has 1 N–H and O–H groups in total. The summed E-state index contributed by atoms with van der Waals surface area (Å²) >= 11 is 0. The third kappa shape index (κ3) is 1.94. The van der Waals surface area contributed by atoms with Gasteiger partial charge in [-0.1, -0.05) is 13.3 Å². The Morgan fingerprint density at radius 1 is 1.10 bits per heavy atom. The molecule has 0 saturated heterocycles. The van der Waals surface area contributed by atoms with Crippen LogP contribution in [0.25, 0.3) is 11.0 Å². The van der Waals surface area contributed by atoms with Gasteiger partial charge in [0.25, 0.3) is 0 Å². The highest BCUT2D eigenvalue weighted by Crippen LogP contribution is 2.40. The van der Waals surface area contributed by atoms with Crippen molar-refractivity contribution < 1.29 is 9.47 Å². The second-order valence-electron chi connectivity index (χ2n) is 6.00. The minimum atomic E-state index is 0.573. The maximum absolute atomic E-state index is 5.74. The summed E-state index contributed by atoms with van der Waals surface area (Å²) in [6.45, 7) is 3.76. The van der Waals surface area contributed by atoms with Crippen LogP contribution in [0.3, 0.4) is 0 Å². The lowest BCUT2D eigenvalue weighted by atomic mass is 9.98. The molecule has 1 aromatic carbocycles. The third-order valence-corrected chi connectivity index (χ3v) is 4.58. The van der Waals surface area contributed by atoms with Crippen LogP contribution in [0.1, 0.15) is 44.3 Å². The van der Waals surface area contributed by atoms with Gasteiger partial charge in [0.2, 0.25) is 0 Å². The van der Waals surface area contributed by atoms with Crippen LogP contribution in [0.5, 0.6) is 11.5 Å². The van der Waals surface area contributed by atoms with E-state index in [1.54, 1.807) is 0 Å². The lowest BCUT2D eigenvalue weighted by molar-refractivity contribution is 0.297. The first-order valence-corrected chi connectivity index (χ1v) is 7.60. The molecule has 2 aromatic rings. The molecule has 0 amide bonds. The number of fused-ring (bicyclic) bond motifs is 2. The summed E-state index contributed by atoms with van der Waals surface area (Å²) in [7, 11) is 0. The van der Waals surface area contributed by atoms with E-state index in [9.17, 15) is 0 Å². The van der Waals surface area contributed by atoms with Gasteiger partial charge in [0, 0.05) is 24.5 Å². The van der Waals surface area contributed by atoms with Crippen LogP contribution in [-0.2, 0) is 0 Å². The fourth-order valence-corrected chi connectivity index (χ4v) is 3.41. The molecule has 1 aromatic heterocycles. The van der Waals surface area contributed by atoms with Gasteiger partial charge in [-0.2, -0.15) is 0 Å². The minimum Gasteiger partial charge on any atom is -0.489 e. The molecule has 0 bridgehead atoms. The number of rotatable bonds is 1. The lowest BCUT2D eigenvalue weighted by Gasteiger charge is -2.11. The second-order valence-corrected chi connectivity index (χ2v) is 6.00. The molecule has 2 heterocycles. The van der Waals surface area contributed by atoms with Crippen molar-refractivity contribution >= 4 is 11.0 Å². The van der Waals surface area contributed by atoms with Gasteiger partial charge in [0.15, 0.2) is 11.5 Å². The monoisotopic (exact) mass is 272 g/mol. The zero-order chi connectivity index (χ0) is 13.5. The van der Waals surface area contributed by atoms with Gasteiger partial charge in [-0.25, -0.2) is 4.98 Å². The molecule has 1 aliphatic carbocycles. The van der Waals surface area contributed by atoms with E-state index in [-0.39, 0.29) is 0 Å². The van der Waals surface area contributed by atoms with Crippen molar-refractivity contribution in [1.29, 1.82) is 0 Å². The molecule has 1 aliphatic heterocycles. The first-order valence-electron chi connectivity index (χ1n) is 7.60. The first-order chi connectivity index (χ1) is 9.81. The topological polar surface area (TPSA) is 47.1 Å². The van der Waals surface area contributed by atoms with Crippen LogP contribution in [0.4, 0.5) is 0 Å². The summed E-state index contributed by atoms with van der Waals surface area (Å²) in [5.41, 5.74) is 2.05. The average molecular weight is 272 g/mol. The standard InChI is InChI=1S/C16H20N2O2/c1-10-4-2-5-11(10)16-17-12-8-14-15(9-13(12)18-16)20-7-3-6-19-14/h8-11H,2-7H2,1H3,(H,17,18). The quantitative estimate of drug-likeness (QED) is 0.862. The summed E-state index contributed by atoms with van der Waals surface area (Å²) in [5.74, 6) is 4.09. The number of benzene rings is 1. The maximum atomic E-state index is 5.74. The van der Waals surface area contributed by atoms with Crippen LogP contribution in [0, 0.1) is 5.92 Å². The Morgan fingerprint density at radius 2 is 1.90 bits per heavy atom. The van der Waals surface area contributed by atoms with Crippen molar-refractivity contribution in [1.82, 2.24) is 9.97 Å². The molecular formula is C16H20N2O2. The molecule has 1 saturated carbocycles. The van der Waals surface area contributed by atoms with Crippen LogP contribution in [-0.4, -0.2) is 23.2 Å². The molecule has 2 aliphatic rings. The van der Waals surface area contributed by atoms with Gasteiger partial charge < -0.3 is 14.5 Å². The molecule has 0 spiro atoms. The predicted molar refractivity (Wildman–Crippen MR) is 77.5 cm³/mol. The number of imidazole rings is 1. The van der Waals surface area contributed by atoms with Gasteiger partial charge in [0.05, 0.1) is 24.2 Å². The highest BCUT2D eigenvalue weighted by Gasteiger charge is 2.27. The molecule has 106 valence electrons. The van der Waals surface area contributed by atoms with Gasteiger partial charge in [-0.05, 0) is 18.8 Å². The lowest BCUT2D eigenvalue weighted by Crippen LogP contribution is -2.03. The highest BCUT2D eigenvalue weighted by atomic mass is 16.5. The fourth-order valence-electron chi connectivity index (χ4n) is 3.41. The minimum absolute atomic E-state index is 0.573. The van der Waals surface area contributed by atoms with E-state index in [0.29, 0.717) is 5.92 Å². The van der Waals surface area contributed by atoms with Crippen LogP contribution in [0.2, 0.25) is 0 Å². The number of H-pyrrole nitrogens is 1. The van der Waals surface area contributed by atoms with E-state index in [1.165, 1.54) is 19.3 Å². The number of hydrogen-bond acceptors (Lipinski definition) is 3. The smallest absolute Gasteiger partial charge is 0.163 e. The van der Waals surface area contributed by atoms with Crippen molar-refractivity contribution in [2.75, 3.05) is 13.2 Å². The normalized spacial score (nSPS) is 25.9. The van der Waals surface area contributed by atoms with Gasteiger partial charge >= 0.3 is 0 Å². The Kier molecular flexibility index (Phi) is 2.83. The zero-order valence-electron chi connectivity index (χ0n) is 11.8. The molecule has 4 rings (SSSR count). The summed E-state index contributed by atoms with van der Waals surface area (Å²) in [5, 5.41) is 0. The van der Waals surface area contributed by atoms with Crippen molar-refractivity contribution in [2.24, 2.45) is 5.92 Å². The molecule has 0 radical (unpaired) electrons. The molecule has 2 unspecified atom stereocenters. The van der Waals surface area contributed by atoms with Crippen LogP contribution in [0.15, 0.2) is 12.1 Å². The summed E-state index contributed by atoms with van der Waals surface area (Å²) < 4.78 is 11.5. The summed E-state index contributed by atoms with van der Waals surface area (Å²) in [4.78, 5) is 8.28.